The first-order valence-electron chi connectivity index (χ1n) is 4.27. The zero-order valence-electron chi connectivity index (χ0n) is 8.08. The van der Waals surface area contributed by atoms with Gasteiger partial charge in [-0.05, 0) is 0 Å². The molecule has 70 valence electrons. The first-order valence-corrected chi connectivity index (χ1v) is 4.27. The van der Waals surface area contributed by atoms with E-state index in [2.05, 4.69) is 5.01 Å². The molecule has 4 nitrogen and oxygen atoms in total. The van der Waals surface area contributed by atoms with Gasteiger partial charge in [0.25, 0.3) is 0 Å². The van der Waals surface area contributed by atoms with Crippen molar-refractivity contribution in [2.24, 2.45) is 0 Å². The molecule has 1 rings (SSSR count). The van der Waals surface area contributed by atoms with Gasteiger partial charge in [-0.3, -0.25) is 4.79 Å². The summed E-state index contributed by atoms with van der Waals surface area (Å²) in [5.74, 6) is 0.249. The Balaban J connectivity index is 2.49. The minimum atomic E-state index is 0.249. The molecule has 0 aromatic heterocycles. The van der Waals surface area contributed by atoms with Crippen molar-refractivity contribution in [3.05, 3.63) is 0 Å². The van der Waals surface area contributed by atoms with Crippen LogP contribution in [0.1, 0.15) is 6.42 Å². The number of likely N-dealkylation sites (N-methyl/N-ethyl adjacent to an activating group) is 1. The summed E-state index contributed by atoms with van der Waals surface area (Å²) in [6, 6.07) is 0. The largest absolute Gasteiger partial charge is 0.344 e. The minimum Gasteiger partial charge on any atom is -0.344 e. The van der Waals surface area contributed by atoms with Crippen LogP contribution < -0.4 is 0 Å². The third kappa shape index (κ3) is 2.19. The van der Waals surface area contributed by atoms with Gasteiger partial charge < -0.3 is 4.90 Å². The fourth-order valence-electron chi connectivity index (χ4n) is 1.32. The van der Waals surface area contributed by atoms with Gasteiger partial charge in [-0.2, -0.15) is 0 Å². The summed E-state index contributed by atoms with van der Waals surface area (Å²) in [5.41, 5.74) is 0. The van der Waals surface area contributed by atoms with E-state index in [1.807, 2.05) is 26.2 Å². The number of carbonyl (C=O) groups excluding carboxylic acids is 1. The van der Waals surface area contributed by atoms with Crippen molar-refractivity contribution < 1.29 is 4.79 Å². The van der Waals surface area contributed by atoms with E-state index in [-0.39, 0.29) is 5.91 Å². The molecule has 0 aromatic carbocycles. The average molecular weight is 171 g/mol. The number of hydrogen-bond donors (Lipinski definition) is 0. The molecular weight excluding hydrogens is 154 g/mol. The molecule has 0 N–H and O–H groups in total. The Morgan fingerprint density at radius 2 is 1.92 bits per heavy atom. The van der Waals surface area contributed by atoms with E-state index in [9.17, 15) is 4.79 Å². The van der Waals surface area contributed by atoms with E-state index in [1.54, 1.807) is 4.90 Å². The number of rotatable bonds is 1. The summed E-state index contributed by atoms with van der Waals surface area (Å²) in [4.78, 5) is 13.1. The molecule has 0 atom stereocenters. The maximum Gasteiger partial charge on any atom is 0.223 e. The minimum absolute atomic E-state index is 0.249. The lowest BCUT2D eigenvalue weighted by molar-refractivity contribution is -0.129. The first-order chi connectivity index (χ1) is 5.61. The Morgan fingerprint density at radius 1 is 1.25 bits per heavy atom. The summed E-state index contributed by atoms with van der Waals surface area (Å²) in [7, 11) is 5.88. The molecule has 1 aliphatic rings. The average Bonchev–Trinajstić information content (AvgIpc) is 2.16. The third-order valence-electron chi connectivity index (χ3n) is 2.27. The third-order valence-corrected chi connectivity index (χ3v) is 2.27. The van der Waals surface area contributed by atoms with Crippen LogP contribution in [0.2, 0.25) is 0 Å². The normalized spacial score (nSPS) is 21.7. The van der Waals surface area contributed by atoms with Gasteiger partial charge >= 0.3 is 0 Å². The fraction of sp³-hybridized carbons (Fsp3) is 0.875. The lowest BCUT2D eigenvalue weighted by atomic mass is 10.4. The number of nitrogens with zero attached hydrogens (tertiary/aromatic N) is 3. The van der Waals surface area contributed by atoms with E-state index in [0.29, 0.717) is 6.42 Å². The van der Waals surface area contributed by atoms with Crippen molar-refractivity contribution in [2.45, 2.75) is 6.42 Å². The van der Waals surface area contributed by atoms with Crippen LogP contribution in [0, 0.1) is 0 Å². The van der Waals surface area contributed by atoms with Crippen LogP contribution in [0.4, 0.5) is 0 Å². The highest BCUT2D eigenvalue weighted by Gasteiger charge is 2.18. The number of hydrazine groups is 1. The smallest absolute Gasteiger partial charge is 0.223 e. The molecule has 0 unspecified atom stereocenters. The molecule has 4 heteroatoms. The highest BCUT2D eigenvalue weighted by Crippen LogP contribution is 2.02. The molecule has 1 aliphatic heterocycles. The van der Waals surface area contributed by atoms with Crippen molar-refractivity contribution >= 4 is 5.91 Å². The van der Waals surface area contributed by atoms with Gasteiger partial charge in [0.05, 0.1) is 0 Å². The van der Waals surface area contributed by atoms with Crippen LogP contribution in [-0.4, -0.2) is 61.6 Å². The Morgan fingerprint density at radius 3 is 2.50 bits per heavy atom. The molecule has 0 radical (unpaired) electrons. The molecule has 0 spiro atoms. The van der Waals surface area contributed by atoms with Crippen molar-refractivity contribution in [3.63, 3.8) is 0 Å². The van der Waals surface area contributed by atoms with E-state index >= 15 is 0 Å². The molecule has 0 aromatic rings. The van der Waals surface area contributed by atoms with Crippen molar-refractivity contribution in [2.75, 3.05) is 40.8 Å². The highest BCUT2D eigenvalue weighted by molar-refractivity contribution is 5.76. The van der Waals surface area contributed by atoms with Gasteiger partial charge in [-0.1, -0.05) is 0 Å². The monoisotopic (exact) mass is 171 g/mol. The predicted molar refractivity (Wildman–Crippen MR) is 47.5 cm³/mol. The summed E-state index contributed by atoms with van der Waals surface area (Å²) in [6.45, 7) is 2.61. The molecule has 1 amide bonds. The second-order valence-corrected chi connectivity index (χ2v) is 3.37. The van der Waals surface area contributed by atoms with Gasteiger partial charge in [0.15, 0.2) is 0 Å². The molecular formula is C8H17N3O. The topological polar surface area (TPSA) is 26.8 Å². The first kappa shape index (κ1) is 9.48. The lowest BCUT2D eigenvalue weighted by Crippen LogP contribution is -2.39. The predicted octanol–water partition coefficient (Wildman–Crippen LogP) is -0.373. The second kappa shape index (κ2) is 3.87. The van der Waals surface area contributed by atoms with Crippen LogP contribution in [0.5, 0.6) is 0 Å². The van der Waals surface area contributed by atoms with Gasteiger partial charge in [-0.15, -0.1) is 0 Å². The standard InChI is InChI=1S/C8H17N3O/c1-9(2)11-5-4-8(12)10(3)6-7-11/h4-7H2,1-3H3. The second-order valence-electron chi connectivity index (χ2n) is 3.37. The Kier molecular flexibility index (Phi) is 3.05. The Bertz CT molecular complexity index is 170. The van der Waals surface area contributed by atoms with Crippen molar-refractivity contribution in [1.29, 1.82) is 0 Å². The number of hydrogen-bond acceptors (Lipinski definition) is 3. The van der Waals surface area contributed by atoms with E-state index in [0.717, 1.165) is 19.6 Å². The summed E-state index contributed by atoms with van der Waals surface area (Å²) < 4.78 is 0. The molecule has 1 saturated heterocycles. The zero-order chi connectivity index (χ0) is 9.14. The van der Waals surface area contributed by atoms with Crippen molar-refractivity contribution in [1.82, 2.24) is 14.9 Å². The lowest BCUT2D eigenvalue weighted by Gasteiger charge is -2.26. The van der Waals surface area contributed by atoms with Crippen molar-refractivity contribution in [3.8, 4) is 0 Å². The van der Waals surface area contributed by atoms with E-state index < -0.39 is 0 Å². The van der Waals surface area contributed by atoms with E-state index in [1.165, 1.54) is 0 Å². The molecule has 0 bridgehead atoms. The van der Waals surface area contributed by atoms with E-state index in [4.69, 9.17) is 0 Å². The number of carbonyl (C=O) groups is 1. The van der Waals surface area contributed by atoms with Crippen LogP contribution >= 0.6 is 0 Å². The maximum absolute atomic E-state index is 11.3. The van der Waals surface area contributed by atoms with Gasteiger partial charge in [0, 0.05) is 47.2 Å². The molecule has 12 heavy (non-hydrogen) atoms. The van der Waals surface area contributed by atoms with Gasteiger partial charge in [0.2, 0.25) is 5.91 Å². The quantitative estimate of drug-likeness (QED) is 0.538. The summed E-state index contributed by atoms with van der Waals surface area (Å²) in [6.07, 6.45) is 0.634. The fourth-order valence-corrected chi connectivity index (χ4v) is 1.32. The zero-order valence-corrected chi connectivity index (χ0v) is 8.08. The highest BCUT2D eigenvalue weighted by atomic mass is 16.2. The van der Waals surface area contributed by atoms with Crippen LogP contribution in [0.3, 0.4) is 0 Å². The van der Waals surface area contributed by atoms with Crippen LogP contribution in [0.25, 0.3) is 0 Å². The molecule has 0 saturated carbocycles. The Hall–Kier alpha value is -0.610. The van der Waals surface area contributed by atoms with Crippen LogP contribution in [0.15, 0.2) is 0 Å². The maximum atomic E-state index is 11.3. The summed E-state index contributed by atoms with van der Waals surface area (Å²) >= 11 is 0. The van der Waals surface area contributed by atoms with Gasteiger partial charge in [-0.25, -0.2) is 10.0 Å². The summed E-state index contributed by atoms with van der Waals surface area (Å²) in [5, 5.41) is 4.23. The molecule has 0 aliphatic carbocycles. The number of amides is 1. The Labute approximate surface area is 73.7 Å². The van der Waals surface area contributed by atoms with Gasteiger partial charge in [0.1, 0.15) is 0 Å². The van der Waals surface area contributed by atoms with Crippen LogP contribution in [-0.2, 0) is 4.79 Å². The molecule has 1 fully saturated rings. The molecule has 1 heterocycles. The SMILES string of the molecule is CN1CCN(N(C)C)CCC1=O.